The molecule has 3 heterocycles. The zero-order valence-corrected chi connectivity index (χ0v) is 19.3. The minimum Gasteiger partial charge on any atom is -0.477 e. The number of carbonyl (C=O) groups excluding carboxylic acids is 2. The molecule has 1 unspecified atom stereocenters. The molecule has 33 heavy (non-hydrogen) atoms. The van der Waals surface area contributed by atoms with E-state index < -0.39 is 34.9 Å². The summed E-state index contributed by atoms with van der Waals surface area (Å²) in [6.45, 7) is 0.724. The van der Waals surface area contributed by atoms with Gasteiger partial charge in [-0.1, -0.05) is 16.9 Å². The predicted molar refractivity (Wildman–Crippen MR) is 127 cm³/mol. The molecule has 9 N–H and O–H groups in total. The van der Waals surface area contributed by atoms with Gasteiger partial charge in [-0.05, 0) is 11.5 Å². The van der Waals surface area contributed by atoms with E-state index in [9.17, 15) is 24.7 Å². The van der Waals surface area contributed by atoms with Crippen LogP contribution in [0, 0.1) is 0 Å². The van der Waals surface area contributed by atoms with Crippen molar-refractivity contribution in [1.82, 2.24) is 15.2 Å². The average molecular weight is 513 g/mol. The van der Waals surface area contributed by atoms with Crippen LogP contribution in [0.25, 0.3) is 0 Å². The van der Waals surface area contributed by atoms with Crippen LogP contribution in [0.2, 0.25) is 0 Å². The van der Waals surface area contributed by atoms with Gasteiger partial charge in [-0.25, -0.2) is 9.78 Å². The third-order valence-corrected chi connectivity index (χ3v) is 7.41. The lowest BCUT2D eigenvalue weighted by atomic mass is 10.0. The normalized spacial score (nSPS) is 21.2. The zero-order valence-electron chi connectivity index (χ0n) is 16.9. The minimum atomic E-state index is -1.27. The number of amidine groups is 1. The summed E-state index contributed by atoms with van der Waals surface area (Å²) < 4.78 is 0. The van der Waals surface area contributed by atoms with Crippen molar-refractivity contribution in [3.63, 3.8) is 0 Å². The minimum absolute atomic E-state index is 0.0586. The Bertz CT molecular complexity index is 1080. The van der Waals surface area contributed by atoms with E-state index in [-0.39, 0.29) is 22.4 Å². The number of aromatic nitrogens is 1. The molecule has 1 saturated heterocycles. The lowest BCUT2D eigenvalue weighted by Crippen LogP contribution is -2.71. The Morgan fingerprint density at radius 1 is 1.45 bits per heavy atom. The molecule has 0 aromatic carbocycles. The number of amides is 2. The SMILES string of the molecule is NCCN=C(N)/C=C/SC1=C(C(=O)O)N2C(=O)C(NC(=O)/C(=N\O)c3csc(N)n3)[C@H]2SC1. The van der Waals surface area contributed by atoms with Crippen molar-refractivity contribution in [3.05, 3.63) is 33.2 Å². The first kappa shape index (κ1) is 24.6. The summed E-state index contributed by atoms with van der Waals surface area (Å²) in [7, 11) is 0. The number of nitrogens with zero attached hydrogens (tertiary/aromatic N) is 4. The standard InChI is InChI=1S/C17H20N8O5S3/c18-2-3-21-9(19)1-4-31-8-6-32-15-11(14(27)25(15)12(8)16(28)29)23-13(26)10(24-30)7-5-33-17(20)22-7/h1,4-5,11,15,30H,2-3,6,18H2,(H2,19,21)(H2,20,22)(H,23,26)(H,28,29)/b4-1+,24-10-/t11?,15-/m1/s1. The van der Waals surface area contributed by atoms with Crippen LogP contribution in [0.3, 0.4) is 0 Å². The number of aliphatic imine (C=N–C) groups is 1. The summed E-state index contributed by atoms with van der Waals surface area (Å²) in [5.74, 6) is -2.16. The zero-order chi connectivity index (χ0) is 24.1. The summed E-state index contributed by atoms with van der Waals surface area (Å²) in [5, 5.41) is 26.9. The molecule has 0 bridgehead atoms. The fraction of sp³-hybridized carbons (Fsp3) is 0.294. The van der Waals surface area contributed by atoms with Gasteiger partial charge in [0.25, 0.3) is 11.8 Å². The largest absolute Gasteiger partial charge is 0.477 e. The molecule has 176 valence electrons. The number of aliphatic carboxylic acids is 1. The highest BCUT2D eigenvalue weighted by atomic mass is 32.2. The maximum atomic E-state index is 12.7. The Kier molecular flexibility index (Phi) is 7.96. The number of nitrogen functional groups attached to an aromatic ring is 1. The van der Waals surface area contributed by atoms with E-state index in [2.05, 4.69) is 20.4 Å². The number of β-lactam (4-membered cyclic amide) rings is 1. The number of nitrogens with two attached hydrogens (primary N) is 3. The van der Waals surface area contributed by atoms with Gasteiger partial charge >= 0.3 is 5.97 Å². The Balaban J connectivity index is 1.72. The number of rotatable bonds is 9. The molecule has 1 aromatic rings. The summed E-state index contributed by atoms with van der Waals surface area (Å²) in [6, 6.07) is -0.995. The van der Waals surface area contributed by atoms with Crippen LogP contribution in [0.1, 0.15) is 5.69 Å². The van der Waals surface area contributed by atoms with E-state index in [4.69, 9.17) is 17.2 Å². The monoisotopic (exact) mass is 512 g/mol. The molecule has 3 rings (SSSR count). The number of carboxylic acids is 1. The smallest absolute Gasteiger partial charge is 0.353 e. The number of carboxylic acid groups (broad SMARTS) is 1. The van der Waals surface area contributed by atoms with E-state index in [1.807, 2.05) is 0 Å². The second kappa shape index (κ2) is 10.7. The van der Waals surface area contributed by atoms with Gasteiger partial charge in [-0.2, -0.15) is 0 Å². The molecular formula is C17H20N8O5S3. The van der Waals surface area contributed by atoms with Crippen LogP contribution in [0.4, 0.5) is 5.13 Å². The molecule has 2 atom stereocenters. The molecule has 16 heteroatoms. The highest BCUT2D eigenvalue weighted by Gasteiger charge is 2.54. The van der Waals surface area contributed by atoms with E-state index in [0.717, 1.165) is 28.0 Å². The number of thiazole rings is 1. The molecule has 13 nitrogen and oxygen atoms in total. The molecule has 1 aromatic heterocycles. The number of carbonyl (C=O) groups is 3. The van der Waals surface area contributed by atoms with Gasteiger partial charge in [0.05, 0.1) is 6.54 Å². The molecule has 0 radical (unpaired) electrons. The van der Waals surface area contributed by atoms with Crippen LogP contribution >= 0.6 is 34.9 Å². The Morgan fingerprint density at radius 2 is 2.21 bits per heavy atom. The lowest BCUT2D eigenvalue weighted by Gasteiger charge is -2.49. The molecule has 1 fully saturated rings. The van der Waals surface area contributed by atoms with Gasteiger partial charge in [-0.3, -0.25) is 19.5 Å². The van der Waals surface area contributed by atoms with Crippen LogP contribution in [-0.4, -0.2) is 79.8 Å². The van der Waals surface area contributed by atoms with Gasteiger partial charge in [0.1, 0.15) is 28.6 Å². The number of hydrogen-bond donors (Lipinski definition) is 6. The van der Waals surface area contributed by atoms with Crippen LogP contribution < -0.4 is 22.5 Å². The highest BCUT2D eigenvalue weighted by molar-refractivity contribution is 8.08. The molecule has 0 spiro atoms. The number of oxime groups is 1. The quantitative estimate of drug-likeness (QED) is 0.0786. The third-order valence-electron chi connectivity index (χ3n) is 4.37. The molecule has 2 aliphatic heterocycles. The van der Waals surface area contributed by atoms with Crippen molar-refractivity contribution < 1.29 is 24.7 Å². The van der Waals surface area contributed by atoms with E-state index in [0.29, 0.717) is 23.7 Å². The fourth-order valence-electron chi connectivity index (χ4n) is 2.93. The summed E-state index contributed by atoms with van der Waals surface area (Å²) >= 11 is 3.46. The lowest BCUT2D eigenvalue weighted by molar-refractivity contribution is -0.150. The Hall–Kier alpha value is -3.08. The number of anilines is 1. The highest BCUT2D eigenvalue weighted by Crippen LogP contribution is 2.43. The number of thioether (sulfide) groups is 2. The molecule has 0 aliphatic carbocycles. The summed E-state index contributed by atoms with van der Waals surface area (Å²) in [4.78, 5) is 46.6. The van der Waals surface area contributed by atoms with Gasteiger partial charge in [0.2, 0.25) is 0 Å². The van der Waals surface area contributed by atoms with Crippen molar-refractivity contribution in [2.24, 2.45) is 21.6 Å². The molecule has 2 amide bonds. The Morgan fingerprint density at radius 3 is 2.82 bits per heavy atom. The predicted octanol–water partition coefficient (Wildman–Crippen LogP) is -0.837. The third kappa shape index (κ3) is 5.29. The van der Waals surface area contributed by atoms with Crippen LogP contribution in [0.5, 0.6) is 0 Å². The molecular weight excluding hydrogens is 492 g/mol. The first-order valence-corrected chi connectivity index (χ1v) is 12.1. The molecule has 2 aliphatic rings. The second-order valence-corrected chi connectivity index (χ2v) is 9.47. The molecule has 0 saturated carbocycles. The van der Waals surface area contributed by atoms with Crippen LogP contribution in [0.15, 0.2) is 37.6 Å². The van der Waals surface area contributed by atoms with Crippen LogP contribution in [-0.2, 0) is 14.4 Å². The van der Waals surface area contributed by atoms with E-state index in [1.54, 1.807) is 5.41 Å². The fourth-order valence-corrected chi connectivity index (χ4v) is 5.82. The maximum Gasteiger partial charge on any atom is 0.353 e. The maximum absolute atomic E-state index is 12.7. The van der Waals surface area contributed by atoms with E-state index in [1.165, 1.54) is 23.2 Å². The van der Waals surface area contributed by atoms with Gasteiger partial charge < -0.3 is 32.8 Å². The van der Waals surface area contributed by atoms with Crippen molar-refractivity contribution in [2.75, 3.05) is 24.6 Å². The summed E-state index contributed by atoms with van der Waals surface area (Å²) in [5.41, 5.74) is 16.1. The number of fused-ring (bicyclic) bond motifs is 1. The number of nitrogens with one attached hydrogen (secondary N) is 1. The van der Waals surface area contributed by atoms with Crippen molar-refractivity contribution in [2.45, 2.75) is 11.4 Å². The first-order chi connectivity index (χ1) is 15.8. The van der Waals surface area contributed by atoms with Gasteiger partial charge in [0, 0.05) is 22.6 Å². The van der Waals surface area contributed by atoms with Crippen molar-refractivity contribution >= 4 is 69.3 Å². The van der Waals surface area contributed by atoms with Gasteiger partial charge in [-0.15, -0.1) is 23.1 Å². The average Bonchev–Trinajstić information content (AvgIpc) is 3.21. The van der Waals surface area contributed by atoms with Crippen molar-refractivity contribution in [3.8, 4) is 0 Å². The second-order valence-electron chi connectivity index (χ2n) is 6.47. The van der Waals surface area contributed by atoms with Gasteiger partial charge in [0.15, 0.2) is 10.8 Å². The van der Waals surface area contributed by atoms with E-state index >= 15 is 0 Å². The van der Waals surface area contributed by atoms with Crippen molar-refractivity contribution in [1.29, 1.82) is 0 Å². The Labute approximate surface area is 199 Å². The number of hydrogen-bond acceptors (Lipinski definition) is 12. The summed E-state index contributed by atoms with van der Waals surface area (Å²) in [6.07, 6.45) is 1.52. The first-order valence-electron chi connectivity index (χ1n) is 9.27. The topological polar surface area (TPSA) is 223 Å².